The summed E-state index contributed by atoms with van der Waals surface area (Å²) < 4.78 is 40.1. The smallest absolute Gasteiger partial charge is 0.325 e. The van der Waals surface area contributed by atoms with Gasteiger partial charge in [-0.1, -0.05) is 11.3 Å². The van der Waals surface area contributed by atoms with Crippen LogP contribution in [0.25, 0.3) is 0 Å². The van der Waals surface area contributed by atoms with Gasteiger partial charge in [-0.05, 0) is 18.2 Å². The summed E-state index contributed by atoms with van der Waals surface area (Å²) in [5.74, 6) is -1.75. The standard InChI is InChI=1S/C11H11FN4O4S/c12-8-2-1-3-10(4-8)21(19,20)13-5-9-6-16(15-14-9)7-11(17)18/h1-4,6,13H,5,7H2,(H,17,18). The van der Waals surface area contributed by atoms with Crippen LogP contribution in [0.1, 0.15) is 5.69 Å². The molecule has 2 N–H and O–H groups in total. The molecule has 2 aromatic rings. The van der Waals surface area contributed by atoms with Crippen LogP contribution >= 0.6 is 0 Å². The average molecular weight is 314 g/mol. The van der Waals surface area contributed by atoms with Crippen molar-refractivity contribution in [2.75, 3.05) is 0 Å². The average Bonchev–Trinajstić information content (AvgIpc) is 2.83. The number of carbonyl (C=O) groups is 1. The number of hydrogen-bond donors (Lipinski definition) is 2. The van der Waals surface area contributed by atoms with Gasteiger partial charge in [0.25, 0.3) is 0 Å². The van der Waals surface area contributed by atoms with Gasteiger partial charge in [0.15, 0.2) is 0 Å². The molecule has 1 aromatic heterocycles. The van der Waals surface area contributed by atoms with Crippen molar-refractivity contribution in [3.05, 3.63) is 42.0 Å². The first-order valence-electron chi connectivity index (χ1n) is 5.73. The van der Waals surface area contributed by atoms with Crippen LogP contribution in [0.15, 0.2) is 35.4 Å². The Morgan fingerprint density at radius 2 is 2.19 bits per heavy atom. The number of hydrogen-bond acceptors (Lipinski definition) is 5. The number of carboxylic acid groups (broad SMARTS) is 1. The first-order chi connectivity index (χ1) is 9.87. The number of nitrogens with one attached hydrogen (secondary N) is 1. The molecule has 0 spiro atoms. The summed E-state index contributed by atoms with van der Waals surface area (Å²) in [4.78, 5) is 10.3. The lowest BCUT2D eigenvalue weighted by Gasteiger charge is -2.04. The van der Waals surface area contributed by atoms with E-state index in [0.29, 0.717) is 0 Å². The molecule has 2 rings (SSSR count). The molecule has 0 fully saturated rings. The predicted molar refractivity (Wildman–Crippen MR) is 68.1 cm³/mol. The Kier molecular flexibility index (Phi) is 4.29. The highest BCUT2D eigenvalue weighted by Crippen LogP contribution is 2.10. The lowest BCUT2D eigenvalue weighted by Crippen LogP contribution is -2.23. The van der Waals surface area contributed by atoms with Crippen LogP contribution in [0.4, 0.5) is 4.39 Å². The second-order valence-electron chi connectivity index (χ2n) is 4.08. The SMILES string of the molecule is O=C(O)Cn1cc(CNS(=O)(=O)c2cccc(F)c2)nn1. The monoisotopic (exact) mass is 314 g/mol. The van der Waals surface area contributed by atoms with Gasteiger partial charge in [-0.25, -0.2) is 22.2 Å². The summed E-state index contributed by atoms with van der Waals surface area (Å²) in [5.41, 5.74) is 0.247. The third-order valence-corrected chi connectivity index (χ3v) is 3.83. The highest BCUT2D eigenvalue weighted by molar-refractivity contribution is 7.89. The summed E-state index contributed by atoms with van der Waals surface area (Å²) in [6.45, 7) is -0.553. The Labute approximate surface area is 119 Å². The van der Waals surface area contributed by atoms with Gasteiger partial charge in [0.2, 0.25) is 10.0 Å². The Morgan fingerprint density at radius 3 is 2.86 bits per heavy atom. The van der Waals surface area contributed by atoms with Gasteiger partial charge in [-0.15, -0.1) is 5.10 Å². The third kappa shape index (κ3) is 4.07. The molecule has 0 aliphatic carbocycles. The summed E-state index contributed by atoms with van der Waals surface area (Å²) >= 11 is 0. The van der Waals surface area contributed by atoms with Gasteiger partial charge in [0.1, 0.15) is 12.4 Å². The zero-order valence-corrected chi connectivity index (χ0v) is 11.4. The van der Waals surface area contributed by atoms with Crippen LogP contribution in [0.2, 0.25) is 0 Å². The van der Waals surface area contributed by atoms with Gasteiger partial charge < -0.3 is 5.11 Å². The van der Waals surface area contributed by atoms with E-state index in [4.69, 9.17) is 5.11 Å². The molecule has 8 nitrogen and oxygen atoms in total. The van der Waals surface area contributed by atoms with E-state index >= 15 is 0 Å². The van der Waals surface area contributed by atoms with Crippen LogP contribution in [0.5, 0.6) is 0 Å². The van der Waals surface area contributed by atoms with E-state index in [2.05, 4.69) is 15.0 Å². The minimum Gasteiger partial charge on any atom is -0.480 e. The molecule has 0 aliphatic rings. The molecule has 0 radical (unpaired) electrons. The quantitative estimate of drug-likeness (QED) is 0.774. The molecule has 0 bridgehead atoms. The molecule has 10 heteroatoms. The van der Waals surface area contributed by atoms with Crippen molar-refractivity contribution in [1.82, 2.24) is 19.7 Å². The van der Waals surface area contributed by atoms with Crippen molar-refractivity contribution < 1.29 is 22.7 Å². The fourth-order valence-electron chi connectivity index (χ4n) is 1.52. The molecule has 0 aliphatic heterocycles. The number of halogens is 1. The minimum atomic E-state index is -3.88. The number of benzene rings is 1. The minimum absolute atomic E-state index is 0.182. The summed E-state index contributed by atoms with van der Waals surface area (Å²) in [6, 6.07) is 4.57. The van der Waals surface area contributed by atoms with Gasteiger partial charge in [-0.2, -0.15) is 0 Å². The highest BCUT2D eigenvalue weighted by Gasteiger charge is 2.15. The Hall–Kier alpha value is -2.33. The Morgan fingerprint density at radius 1 is 1.43 bits per heavy atom. The maximum absolute atomic E-state index is 13.0. The molecular weight excluding hydrogens is 303 g/mol. The lowest BCUT2D eigenvalue weighted by atomic mass is 10.4. The van der Waals surface area contributed by atoms with Crippen LogP contribution in [-0.2, 0) is 27.9 Å². The maximum atomic E-state index is 13.0. The predicted octanol–water partition coefficient (Wildman–Crippen LogP) is -0.0197. The number of nitrogens with zero attached hydrogens (tertiary/aromatic N) is 3. The molecule has 1 aromatic carbocycles. The second kappa shape index (κ2) is 5.97. The fraction of sp³-hybridized carbons (Fsp3) is 0.182. The largest absolute Gasteiger partial charge is 0.480 e. The summed E-state index contributed by atoms with van der Waals surface area (Å²) in [5, 5.41) is 15.7. The van der Waals surface area contributed by atoms with E-state index in [9.17, 15) is 17.6 Å². The summed E-state index contributed by atoms with van der Waals surface area (Å²) in [7, 11) is -3.88. The van der Waals surface area contributed by atoms with Gasteiger partial charge in [0, 0.05) is 0 Å². The second-order valence-corrected chi connectivity index (χ2v) is 5.85. The third-order valence-electron chi connectivity index (χ3n) is 2.43. The van der Waals surface area contributed by atoms with Gasteiger partial charge >= 0.3 is 5.97 Å². The van der Waals surface area contributed by atoms with E-state index in [-0.39, 0.29) is 23.7 Å². The van der Waals surface area contributed by atoms with E-state index in [1.807, 2.05) is 0 Å². The fourth-order valence-corrected chi connectivity index (χ4v) is 2.55. The summed E-state index contributed by atoms with van der Waals surface area (Å²) in [6.07, 6.45) is 1.31. The van der Waals surface area contributed by atoms with Crippen LogP contribution in [0.3, 0.4) is 0 Å². The van der Waals surface area contributed by atoms with E-state index < -0.39 is 21.8 Å². The molecule has 0 amide bonds. The van der Waals surface area contributed by atoms with Gasteiger partial charge in [0.05, 0.1) is 23.3 Å². The van der Waals surface area contributed by atoms with E-state index in [1.165, 1.54) is 18.3 Å². The van der Waals surface area contributed by atoms with Crippen molar-refractivity contribution in [3.8, 4) is 0 Å². The van der Waals surface area contributed by atoms with Crippen LogP contribution in [0, 0.1) is 5.82 Å². The number of carboxylic acids is 1. The normalized spacial score (nSPS) is 11.5. The number of rotatable bonds is 6. The number of aliphatic carboxylic acids is 1. The van der Waals surface area contributed by atoms with Crippen molar-refractivity contribution >= 4 is 16.0 Å². The van der Waals surface area contributed by atoms with Crippen LogP contribution in [-0.4, -0.2) is 34.5 Å². The first-order valence-corrected chi connectivity index (χ1v) is 7.21. The van der Waals surface area contributed by atoms with Crippen molar-refractivity contribution in [2.45, 2.75) is 18.0 Å². The maximum Gasteiger partial charge on any atom is 0.325 e. The Balaban J connectivity index is 2.05. The number of aromatic nitrogens is 3. The molecule has 0 saturated heterocycles. The van der Waals surface area contributed by atoms with Crippen molar-refractivity contribution in [2.24, 2.45) is 0 Å². The molecule has 112 valence electrons. The lowest BCUT2D eigenvalue weighted by molar-refractivity contribution is -0.137. The van der Waals surface area contributed by atoms with E-state index in [0.717, 1.165) is 16.8 Å². The molecular formula is C11H11FN4O4S. The molecule has 0 saturated carbocycles. The molecule has 21 heavy (non-hydrogen) atoms. The van der Waals surface area contributed by atoms with Crippen molar-refractivity contribution in [1.29, 1.82) is 0 Å². The molecule has 0 atom stereocenters. The zero-order valence-electron chi connectivity index (χ0n) is 10.6. The van der Waals surface area contributed by atoms with Crippen LogP contribution < -0.4 is 4.72 Å². The zero-order chi connectivity index (χ0) is 15.5. The molecule has 0 unspecified atom stereocenters. The topological polar surface area (TPSA) is 114 Å². The number of sulfonamides is 1. The molecule has 1 heterocycles. The first kappa shape index (κ1) is 15.1. The highest BCUT2D eigenvalue weighted by atomic mass is 32.2. The van der Waals surface area contributed by atoms with E-state index in [1.54, 1.807) is 0 Å². The van der Waals surface area contributed by atoms with Crippen molar-refractivity contribution in [3.63, 3.8) is 0 Å². The Bertz CT molecular complexity index is 759. The van der Waals surface area contributed by atoms with Gasteiger partial charge in [-0.3, -0.25) is 4.79 Å².